The molecule has 0 radical (unpaired) electrons. The van der Waals surface area contributed by atoms with Crippen LogP contribution in [0.25, 0.3) is 0 Å². The first-order valence-electron chi connectivity index (χ1n) is 8.83. The smallest absolute Gasteiger partial charge is 0.410 e. The lowest BCUT2D eigenvalue weighted by atomic mass is 9.94. The number of ether oxygens (including phenoxy) is 2. The first-order valence-corrected chi connectivity index (χ1v) is 8.83. The highest BCUT2D eigenvalue weighted by Crippen LogP contribution is 2.14. The van der Waals surface area contributed by atoms with Crippen LogP contribution in [0.5, 0.6) is 0 Å². The number of carbonyl (C=O) groups is 3. The Morgan fingerprint density at radius 2 is 1.97 bits per heavy atom. The largest absolute Gasteiger partial charge is 0.481 e. The van der Waals surface area contributed by atoms with Gasteiger partial charge in [0.15, 0.2) is 0 Å². The quantitative estimate of drug-likeness (QED) is 0.228. The number of hydrogen-bond acceptors (Lipinski definition) is 8. The number of amides is 1. The summed E-state index contributed by atoms with van der Waals surface area (Å²) in [6.45, 7) is 3.06. The Morgan fingerprint density at radius 1 is 1.24 bits per heavy atom. The second kappa shape index (κ2) is 12.2. The molecule has 0 saturated heterocycles. The van der Waals surface area contributed by atoms with Crippen molar-refractivity contribution in [2.24, 2.45) is 11.8 Å². The minimum Gasteiger partial charge on any atom is -0.481 e. The maximum atomic E-state index is 12.0. The number of rotatable bonds is 12. The van der Waals surface area contributed by atoms with Crippen LogP contribution < -0.4 is 5.32 Å². The van der Waals surface area contributed by atoms with Crippen molar-refractivity contribution in [3.63, 3.8) is 0 Å². The van der Waals surface area contributed by atoms with Crippen LogP contribution in [-0.4, -0.2) is 41.6 Å². The van der Waals surface area contributed by atoms with E-state index in [0.29, 0.717) is 12.0 Å². The Balaban J connectivity index is 2.41. The summed E-state index contributed by atoms with van der Waals surface area (Å²) in [4.78, 5) is 48.9. The highest BCUT2D eigenvalue weighted by atomic mass is 16.9. The molecule has 1 atom stereocenters. The van der Waals surface area contributed by atoms with Crippen molar-refractivity contribution in [3.8, 4) is 0 Å². The number of carbonyl (C=O) groups excluding carboxylic acids is 2. The molecule has 160 valence electrons. The van der Waals surface area contributed by atoms with Crippen LogP contribution in [0.2, 0.25) is 0 Å². The molecule has 29 heavy (non-hydrogen) atoms. The van der Waals surface area contributed by atoms with Crippen LogP contribution in [0.15, 0.2) is 24.3 Å². The lowest BCUT2D eigenvalue weighted by Gasteiger charge is -2.17. The predicted octanol–water partition coefficient (Wildman–Crippen LogP) is 2.37. The van der Waals surface area contributed by atoms with Crippen molar-refractivity contribution < 1.29 is 38.9 Å². The first-order chi connectivity index (χ1) is 13.7. The van der Waals surface area contributed by atoms with Crippen molar-refractivity contribution >= 4 is 18.0 Å². The van der Waals surface area contributed by atoms with Crippen LogP contribution >= 0.6 is 0 Å². The van der Waals surface area contributed by atoms with Crippen molar-refractivity contribution in [1.82, 2.24) is 5.32 Å². The molecule has 1 aromatic carbocycles. The van der Waals surface area contributed by atoms with Gasteiger partial charge in [-0.25, -0.2) is 9.59 Å². The molecule has 1 rings (SSSR count). The first kappa shape index (κ1) is 23.7. The van der Waals surface area contributed by atoms with E-state index in [2.05, 4.69) is 10.2 Å². The number of hydrogen-bond donors (Lipinski definition) is 2. The van der Waals surface area contributed by atoms with Crippen LogP contribution in [0.4, 0.5) is 4.79 Å². The molecule has 1 aromatic rings. The van der Waals surface area contributed by atoms with E-state index in [4.69, 9.17) is 14.6 Å². The molecule has 0 saturated carbocycles. The monoisotopic (exact) mass is 412 g/mol. The second-order valence-electron chi connectivity index (χ2n) is 6.65. The predicted molar refractivity (Wildman–Crippen MR) is 98.2 cm³/mol. The third kappa shape index (κ3) is 10.5. The fourth-order valence-electron chi connectivity index (χ4n) is 2.57. The molecule has 2 N–H and O–H groups in total. The average Bonchev–Trinajstić information content (AvgIpc) is 2.63. The zero-order valence-electron chi connectivity index (χ0n) is 16.2. The SMILES string of the molecule is CC(C)C[C@H](CNC(=O)OCOC(=O)c1cccc(CO[N+](=O)[O-])c1)CC(=O)O. The van der Waals surface area contributed by atoms with Gasteiger partial charge in [0.05, 0.1) is 5.56 Å². The fourth-order valence-corrected chi connectivity index (χ4v) is 2.57. The molecule has 0 fully saturated rings. The van der Waals surface area contributed by atoms with Gasteiger partial charge in [-0.15, -0.1) is 10.1 Å². The van der Waals surface area contributed by atoms with Crippen molar-refractivity contribution in [1.29, 1.82) is 0 Å². The molecule has 0 bridgehead atoms. The summed E-state index contributed by atoms with van der Waals surface area (Å²) in [6.07, 6.45) is -0.299. The normalized spacial score (nSPS) is 11.4. The van der Waals surface area contributed by atoms with Gasteiger partial charge in [-0.1, -0.05) is 26.0 Å². The lowest BCUT2D eigenvalue weighted by molar-refractivity contribution is -0.763. The van der Waals surface area contributed by atoms with Crippen LogP contribution in [0, 0.1) is 22.0 Å². The van der Waals surface area contributed by atoms with Crippen molar-refractivity contribution in [2.75, 3.05) is 13.3 Å². The van der Waals surface area contributed by atoms with E-state index in [1.54, 1.807) is 0 Å². The minimum atomic E-state index is -0.953. The maximum absolute atomic E-state index is 12.0. The second-order valence-corrected chi connectivity index (χ2v) is 6.65. The Kier molecular flexibility index (Phi) is 9.92. The zero-order valence-corrected chi connectivity index (χ0v) is 16.2. The molecule has 0 spiro atoms. The number of carboxylic acids is 1. The Morgan fingerprint density at radius 3 is 2.59 bits per heavy atom. The Bertz CT molecular complexity index is 721. The van der Waals surface area contributed by atoms with Gasteiger partial charge in [0.2, 0.25) is 6.79 Å². The number of aliphatic carboxylic acids is 1. The minimum absolute atomic E-state index is 0.0794. The molecule has 0 aliphatic heterocycles. The van der Waals surface area contributed by atoms with E-state index in [9.17, 15) is 24.5 Å². The van der Waals surface area contributed by atoms with E-state index < -0.39 is 29.9 Å². The maximum Gasteiger partial charge on any atom is 0.410 e. The molecule has 0 aromatic heterocycles. The van der Waals surface area contributed by atoms with Gasteiger partial charge < -0.3 is 24.7 Å². The molecule has 0 unspecified atom stereocenters. The highest BCUT2D eigenvalue weighted by molar-refractivity contribution is 5.89. The summed E-state index contributed by atoms with van der Waals surface area (Å²) in [5, 5.41) is 20.6. The third-order valence-electron chi connectivity index (χ3n) is 3.68. The standard InChI is InChI=1S/C18H24N2O9/c1-12(2)6-14(8-16(21)22)9-19-18(24)28-11-27-17(23)15-5-3-4-13(7-15)10-29-20(25)26/h3-5,7,12,14H,6,8-11H2,1-2H3,(H,19,24)(H,21,22)/t14-/m0/s1. The number of carboxylic acid groups (broad SMARTS) is 1. The van der Waals surface area contributed by atoms with Crippen LogP contribution in [0.1, 0.15) is 42.6 Å². The van der Waals surface area contributed by atoms with Crippen LogP contribution in [-0.2, 0) is 25.7 Å². The molecule has 0 heterocycles. The van der Waals surface area contributed by atoms with Gasteiger partial charge in [-0.2, -0.15) is 0 Å². The molecule has 0 aliphatic carbocycles. The number of nitrogens with one attached hydrogen (secondary N) is 1. The topological polar surface area (TPSA) is 154 Å². The van der Waals surface area contributed by atoms with E-state index in [1.807, 2.05) is 13.8 Å². The summed E-state index contributed by atoms with van der Waals surface area (Å²) < 4.78 is 9.57. The van der Waals surface area contributed by atoms with E-state index in [-0.39, 0.29) is 37.0 Å². The van der Waals surface area contributed by atoms with Crippen molar-refractivity contribution in [2.45, 2.75) is 33.3 Å². The van der Waals surface area contributed by atoms with Crippen LogP contribution in [0.3, 0.4) is 0 Å². The van der Waals surface area contributed by atoms with Gasteiger partial charge in [0.1, 0.15) is 6.61 Å². The van der Waals surface area contributed by atoms with E-state index >= 15 is 0 Å². The van der Waals surface area contributed by atoms with Gasteiger partial charge in [-0.05, 0) is 36.0 Å². The molecule has 11 nitrogen and oxygen atoms in total. The lowest BCUT2D eigenvalue weighted by Crippen LogP contribution is -2.32. The number of benzene rings is 1. The summed E-state index contributed by atoms with van der Waals surface area (Å²) in [7, 11) is 0. The van der Waals surface area contributed by atoms with Gasteiger partial charge >= 0.3 is 18.0 Å². The van der Waals surface area contributed by atoms with Gasteiger partial charge in [-0.3, -0.25) is 4.79 Å². The Labute approximate surface area is 167 Å². The Hall–Kier alpha value is -3.37. The summed E-state index contributed by atoms with van der Waals surface area (Å²) in [6, 6.07) is 5.82. The number of nitrogens with zero attached hydrogens (tertiary/aromatic N) is 1. The zero-order chi connectivity index (χ0) is 21.8. The van der Waals surface area contributed by atoms with Crippen molar-refractivity contribution in [3.05, 3.63) is 45.5 Å². The summed E-state index contributed by atoms with van der Waals surface area (Å²) in [5.74, 6) is -1.72. The van der Waals surface area contributed by atoms with E-state index in [0.717, 1.165) is 0 Å². The molecular formula is C18H24N2O9. The van der Waals surface area contributed by atoms with Gasteiger partial charge in [0.25, 0.3) is 5.09 Å². The third-order valence-corrected chi connectivity index (χ3v) is 3.68. The number of alkyl carbamates (subject to hydrolysis) is 1. The molecule has 11 heteroatoms. The summed E-state index contributed by atoms with van der Waals surface area (Å²) in [5.41, 5.74) is 0.501. The fraction of sp³-hybridized carbons (Fsp3) is 0.500. The van der Waals surface area contributed by atoms with E-state index in [1.165, 1.54) is 24.3 Å². The average molecular weight is 412 g/mol. The number of esters is 1. The van der Waals surface area contributed by atoms with Gasteiger partial charge in [0, 0.05) is 13.0 Å². The summed E-state index contributed by atoms with van der Waals surface area (Å²) >= 11 is 0. The highest BCUT2D eigenvalue weighted by Gasteiger charge is 2.17. The molecular weight excluding hydrogens is 388 g/mol. The molecule has 1 amide bonds. The molecule has 0 aliphatic rings.